The molecule has 0 aliphatic carbocycles. The third kappa shape index (κ3) is 10.6. The van der Waals surface area contributed by atoms with Crippen LogP contribution in [0.15, 0.2) is 72.4 Å². The molecule has 0 aliphatic rings. The number of amides is 2. The van der Waals surface area contributed by atoms with Crippen molar-refractivity contribution in [2.24, 2.45) is 0 Å². The number of nitrogens with one attached hydrogen (secondary N) is 2. The molecule has 0 fully saturated rings. The van der Waals surface area contributed by atoms with Crippen molar-refractivity contribution in [1.29, 1.82) is 0 Å². The maximum Gasteiger partial charge on any atom is 0.407 e. The number of ether oxygens (including phenoxy) is 2. The summed E-state index contributed by atoms with van der Waals surface area (Å²) < 4.78 is 11.0. The predicted octanol–water partition coefficient (Wildman–Crippen LogP) is 6.29. The summed E-state index contributed by atoms with van der Waals surface area (Å²) in [6.07, 6.45) is 4.95. The number of hydrogen-bond donors (Lipinski definition) is 2. The van der Waals surface area contributed by atoms with Crippen LogP contribution in [-0.4, -0.2) is 35.4 Å². The minimum Gasteiger partial charge on any atom is -0.446 e. The van der Waals surface area contributed by atoms with Crippen molar-refractivity contribution in [3.63, 3.8) is 0 Å². The van der Waals surface area contributed by atoms with E-state index >= 15 is 0 Å². The van der Waals surface area contributed by atoms with E-state index in [-0.39, 0.29) is 24.8 Å². The zero-order valence-corrected chi connectivity index (χ0v) is 22.4. The Bertz CT molecular complexity index is 1040. The summed E-state index contributed by atoms with van der Waals surface area (Å²) in [5.41, 5.74) is 3.96. The van der Waals surface area contributed by atoms with E-state index in [1.165, 1.54) is 11.3 Å². The molecule has 37 heavy (non-hydrogen) atoms. The van der Waals surface area contributed by atoms with Crippen LogP contribution in [0, 0.1) is 0 Å². The highest BCUT2D eigenvalue weighted by Crippen LogP contribution is 2.15. The lowest BCUT2D eigenvalue weighted by Crippen LogP contribution is -2.41. The van der Waals surface area contributed by atoms with Gasteiger partial charge in [-0.05, 0) is 49.7 Å². The molecular weight excluding hydrogens is 486 g/mol. The summed E-state index contributed by atoms with van der Waals surface area (Å²) in [6, 6.07) is 19.8. The van der Waals surface area contributed by atoms with Crippen molar-refractivity contribution < 1.29 is 19.1 Å². The standard InChI is InChI=1S/C29H37N3O4S/c1-3-26(4-2)36-29(34)32-25(18-23-13-9-6-10-14-23)16-15-24(17-22-11-7-5-8-12-22)31-28(33)35-20-27-19-30-21-37-27/h5-14,19,21,24-26H,3-4,15-18,20H2,1-2H3,(H,31,33)(H,32,34)/t24-,25-/m1/s1. The van der Waals surface area contributed by atoms with Crippen molar-refractivity contribution in [3.05, 3.63) is 88.4 Å². The summed E-state index contributed by atoms with van der Waals surface area (Å²) in [6.45, 7) is 4.21. The Labute approximate surface area is 223 Å². The molecule has 0 saturated carbocycles. The first kappa shape index (κ1) is 28.2. The van der Waals surface area contributed by atoms with E-state index in [1.807, 2.05) is 62.4 Å². The Morgan fingerprint density at radius 2 is 1.38 bits per heavy atom. The minimum absolute atomic E-state index is 0.0989. The molecule has 0 aliphatic heterocycles. The second-order valence-electron chi connectivity index (χ2n) is 9.03. The van der Waals surface area contributed by atoms with Gasteiger partial charge in [0, 0.05) is 18.3 Å². The van der Waals surface area contributed by atoms with Gasteiger partial charge < -0.3 is 20.1 Å². The maximum atomic E-state index is 12.7. The summed E-state index contributed by atoms with van der Waals surface area (Å²) in [5.74, 6) is 0. The van der Waals surface area contributed by atoms with Crippen LogP contribution in [0.4, 0.5) is 9.59 Å². The lowest BCUT2D eigenvalue weighted by molar-refractivity contribution is 0.0893. The van der Waals surface area contributed by atoms with E-state index in [4.69, 9.17) is 9.47 Å². The highest BCUT2D eigenvalue weighted by molar-refractivity contribution is 7.09. The quantitative estimate of drug-likeness (QED) is 0.259. The number of nitrogens with zero attached hydrogens (tertiary/aromatic N) is 1. The first-order valence-corrected chi connectivity index (χ1v) is 13.8. The molecule has 0 radical (unpaired) electrons. The fourth-order valence-corrected chi connectivity index (χ4v) is 4.62. The monoisotopic (exact) mass is 523 g/mol. The van der Waals surface area contributed by atoms with Crippen molar-refractivity contribution >= 4 is 23.5 Å². The normalized spacial score (nSPS) is 12.5. The van der Waals surface area contributed by atoms with E-state index in [0.717, 1.165) is 28.8 Å². The number of rotatable bonds is 14. The molecule has 0 saturated heterocycles. The molecule has 3 aromatic rings. The highest BCUT2D eigenvalue weighted by Gasteiger charge is 2.21. The second kappa shape index (κ2) is 15.7. The SMILES string of the molecule is CCC(CC)OC(=O)N[C@H](CC[C@H](Cc1ccccc1)NC(=O)OCc1cncs1)Cc1ccccc1. The van der Waals surface area contributed by atoms with Crippen LogP contribution in [0.2, 0.25) is 0 Å². The number of hydrogen-bond acceptors (Lipinski definition) is 6. The lowest BCUT2D eigenvalue weighted by atomic mass is 9.96. The predicted molar refractivity (Wildman–Crippen MR) is 147 cm³/mol. The molecule has 0 bridgehead atoms. The Kier molecular flexibility index (Phi) is 11.9. The van der Waals surface area contributed by atoms with Gasteiger partial charge in [-0.25, -0.2) is 9.59 Å². The Morgan fingerprint density at radius 1 is 0.838 bits per heavy atom. The molecule has 0 spiro atoms. The van der Waals surface area contributed by atoms with Gasteiger partial charge in [0.05, 0.1) is 10.4 Å². The van der Waals surface area contributed by atoms with E-state index in [9.17, 15) is 9.59 Å². The van der Waals surface area contributed by atoms with Gasteiger partial charge in [-0.3, -0.25) is 4.98 Å². The van der Waals surface area contributed by atoms with Crippen molar-refractivity contribution in [2.75, 3.05) is 0 Å². The number of aromatic nitrogens is 1. The van der Waals surface area contributed by atoms with Gasteiger partial charge in [0.1, 0.15) is 12.7 Å². The molecule has 8 heteroatoms. The zero-order valence-electron chi connectivity index (χ0n) is 21.6. The molecule has 1 heterocycles. The van der Waals surface area contributed by atoms with Crippen LogP contribution >= 0.6 is 11.3 Å². The number of thiazole rings is 1. The summed E-state index contributed by atoms with van der Waals surface area (Å²) in [5, 5.41) is 6.10. The van der Waals surface area contributed by atoms with Gasteiger partial charge in [-0.1, -0.05) is 74.5 Å². The first-order valence-electron chi connectivity index (χ1n) is 12.9. The number of carbonyl (C=O) groups is 2. The van der Waals surface area contributed by atoms with E-state index in [0.29, 0.717) is 25.7 Å². The molecule has 2 N–H and O–H groups in total. The number of alkyl carbamates (subject to hydrolysis) is 2. The van der Waals surface area contributed by atoms with Crippen molar-refractivity contribution in [2.45, 2.75) is 77.2 Å². The van der Waals surface area contributed by atoms with Gasteiger partial charge in [0.15, 0.2) is 0 Å². The third-order valence-electron chi connectivity index (χ3n) is 6.17. The van der Waals surface area contributed by atoms with E-state index < -0.39 is 12.2 Å². The maximum absolute atomic E-state index is 12.7. The van der Waals surface area contributed by atoms with Crippen LogP contribution < -0.4 is 10.6 Å². The molecule has 2 atom stereocenters. The van der Waals surface area contributed by atoms with E-state index in [2.05, 4.69) is 27.8 Å². The van der Waals surface area contributed by atoms with Crippen molar-refractivity contribution in [3.8, 4) is 0 Å². The van der Waals surface area contributed by atoms with Gasteiger partial charge in [-0.2, -0.15) is 0 Å². The van der Waals surface area contributed by atoms with Crippen LogP contribution in [-0.2, 0) is 28.9 Å². The summed E-state index contributed by atoms with van der Waals surface area (Å²) >= 11 is 1.45. The molecule has 0 unspecified atom stereocenters. The van der Waals surface area contributed by atoms with Gasteiger partial charge in [0.2, 0.25) is 0 Å². The van der Waals surface area contributed by atoms with Crippen LogP contribution in [0.1, 0.15) is 55.5 Å². The zero-order chi connectivity index (χ0) is 26.3. The number of carbonyl (C=O) groups excluding carboxylic acids is 2. The average molecular weight is 524 g/mol. The largest absolute Gasteiger partial charge is 0.446 e. The second-order valence-corrected chi connectivity index (χ2v) is 10.00. The molecular formula is C29H37N3O4S. The summed E-state index contributed by atoms with van der Waals surface area (Å²) in [4.78, 5) is 30.2. The van der Waals surface area contributed by atoms with Crippen LogP contribution in [0.3, 0.4) is 0 Å². The molecule has 2 aromatic carbocycles. The molecule has 198 valence electrons. The lowest BCUT2D eigenvalue weighted by Gasteiger charge is -2.24. The summed E-state index contributed by atoms with van der Waals surface area (Å²) in [7, 11) is 0. The van der Waals surface area contributed by atoms with Crippen LogP contribution in [0.25, 0.3) is 0 Å². The molecule has 3 rings (SSSR count). The van der Waals surface area contributed by atoms with Crippen LogP contribution in [0.5, 0.6) is 0 Å². The molecule has 2 amide bonds. The average Bonchev–Trinajstić information content (AvgIpc) is 3.44. The third-order valence-corrected chi connectivity index (χ3v) is 6.92. The highest BCUT2D eigenvalue weighted by atomic mass is 32.1. The fourth-order valence-electron chi connectivity index (χ4n) is 4.12. The Morgan fingerprint density at radius 3 is 1.86 bits per heavy atom. The van der Waals surface area contributed by atoms with Gasteiger partial charge in [0.25, 0.3) is 0 Å². The molecule has 7 nitrogen and oxygen atoms in total. The molecule has 1 aromatic heterocycles. The fraction of sp³-hybridized carbons (Fsp3) is 0.414. The minimum atomic E-state index is -0.463. The Hall–Kier alpha value is -3.39. The number of benzene rings is 2. The van der Waals surface area contributed by atoms with Crippen molar-refractivity contribution in [1.82, 2.24) is 15.6 Å². The van der Waals surface area contributed by atoms with Gasteiger partial charge >= 0.3 is 12.2 Å². The topological polar surface area (TPSA) is 89.6 Å². The van der Waals surface area contributed by atoms with E-state index in [1.54, 1.807) is 11.7 Å². The first-order chi connectivity index (χ1) is 18.1. The smallest absolute Gasteiger partial charge is 0.407 e. The van der Waals surface area contributed by atoms with Gasteiger partial charge in [-0.15, -0.1) is 11.3 Å². The Balaban J connectivity index is 1.65.